The summed E-state index contributed by atoms with van der Waals surface area (Å²) in [6.45, 7) is 0.634. The van der Waals surface area contributed by atoms with Crippen LogP contribution in [0.25, 0.3) is 11.0 Å². The fraction of sp³-hybridized carbons (Fsp3) is 0.476. The zero-order valence-electron chi connectivity index (χ0n) is 19.3. The van der Waals surface area contributed by atoms with Crippen molar-refractivity contribution >= 4 is 46.2 Å². The average molecular weight is 550 g/mol. The molecule has 0 atom stereocenters. The summed E-state index contributed by atoms with van der Waals surface area (Å²) in [7, 11) is 3.28. The van der Waals surface area contributed by atoms with Crippen LogP contribution >= 0.6 is 23.1 Å². The molecule has 0 aliphatic carbocycles. The van der Waals surface area contributed by atoms with E-state index in [-0.39, 0.29) is 55.1 Å². The summed E-state index contributed by atoms with van der Waals surface area (Å²) in [6, 6.07) is 3.15. The number of fused-ring (bicyclic) bond motifs is 1. The number of nitrogens with zero attached hydrogens (tertiary/aromatic N) is 5. The van der Waals surface area contributed by atoms with Crippen molar-refractivity contribution in [2.24, 2.45) is 0 Å². The van der Waals surface area contributed by atoms with E-state index >= 15 is 0 Å². The van der Waals surface area contributed by atoms with Gasteiger partial charge in [-0.3, -0.25) is 9.69 Å². The molecular formula is C21H23F4N5O4S2. The number of thioether (sulfide) groups is 1. The molecule has 196 valence electrons. The van der Waals surface area contributed by atoms with Gasteiger partial charge in [0.1, 0.15) is 11.3 Å². The largest absolute Gasteiger partial charge is 0.451 e. The predicted octanol–water partition coefficient (Wildman–Crippen LogP) is 2.82. The number of ether oxygens (including phenoxy) is 1. The van der Waals surface area contributed by atoms with Crippen LogP contribution in [0.1, 0.15) is 20.4 Å². The van der Waals surface area contributed by atoms with Gasteiger partial charge in [0, 0.05) is 25.1 Å². The van der Waals surface area contributed by atoms with E-state index in [1.807, 2.05) is 11.9 Å². The monoisotopic (exact) mass is 549 g/mol. The van der Waals surface area contributed by atoms with Gasteiger partial charge >= 0.3 is 6.18 Å². The molecule has 1 aliphatic rings. The summed E-state index contributed by atoms with van der Waals surface area (Å²) in [4.78, 5) is 31.5. The number of likely N-dealkylation sites (tertiary alicyclic amines) is 1. The number of methoxy groups -OCH3 is 1. The SMILES string of the molecule is COCCn1ncc2c(SCC(=O)c3ccc(C4(F)CN(C)C4)s3)nc(C(F)(F)F)nc21.O=CCO. The molecule has 0 unspecified atom stereocenters. The maximum absolute atomic E-state index is 14.7. The number of thiophene rings is 1. The second kappa shape index (κ2) is 11.7. The van der Waals surface area contributed by atoms with Gasteiger partial charge in [0.15, 0.2) is 17.1 Å². The van der Waals surface area contributed by atoms with E-state index in [1.54, 1.807) is 12.1 Å². The lowest BCUT2D eigenvalue weighted by Gasteiger charge is -2.41. The second-order valence-corrected chi connectivity index (χ2v) is 9.86. The fourth-order valence-electron chi connectivity index (χ4n) is 3.41. The molecule has 0 bridgehead atoms. The van der Waals surface area contributed by atoms with Gasteiger partial charge in [0.2, 0.25) is 5.82 Å². The number of likely N-dealkylation sites (N-methyl/N-ethyl adjacent to an activating group) is 1. The number of aldehydes is 1. The molecule has 0 amide bonds. The summed E-state index contributed by atoms with van der Waals surface area (Å²) in [5, 5.41) is 11.9. The van der Waals surface area contributed by atoms with Crippen molar-refractivity contribution in [2.45, 2.75) is 23.4 Å². The Morgan fingerprint density at radius 2 is 2.03 bits per heavy atom. The zero-order chi connectivity index (χ0) is 26.5. The third-order valence-corrected chi connectivity index (χ3v) is 7.30. The second-order valence-electron chi connectivity index (χ2n) is 7.81. The number of aliphatic hydroxyl groups is 1. The number of Topliss-reactive ketones (excluding diaryl/α,β-unsaturated/α-hetero) is 1. The summed E-state index contributed by atoms with van der Waals surface area (Å²) in [6.07, 6.45) is -2.95. The van der Waals surface area contributed by atoms with E-state index in [0.717, 1.165) is 23.1 Å². The molecule has 9 nitrogen and oxygen atoms in total. The lowest BCUT2D eigenvalue weighted by molar-refractivity contribution is -0.145. The van der Waals surface area contributed by atoms with Gasteiger partial charge < -0.3 is 14.6 Å². The van der Waals surface area contributed by atoms with Gasteiger partial charge in [0.25, 0.3) is 0 Å². The van der Waals surface area contributed by atoms with E-state index in [1.165, 1.54) is 18.0 Å². The number of carbonyl (C=O) groups is 2. The number of carbonyl (C=O) groups excluding carboxylic acids is 2. The smallest absolute Gasteiger partial charge is 0.389 e. The highest BCUT2D eigenvalue weighted by Crippen LogP contribution is 2.39. The highest BCUT2D eigenvalue weighted by molar-refractivity contribution is 8.00. The maximum atomic E-state index is 14.7. The molecule has 3 aromatic rings. The first-order valence-electron chi connectivity index (χ1n) is 10.5. The van der Waals surface area contributed by atoms with Crippen molar-refractivity contribution in [2.75, 3.05) is 46.2 Å². The van der Waals surface area contributed by atoms with Crippen molar-refractivity contribution in [3.8, 4) is 0 Å². The molecule has 4 rings (SSSR count). The molecule has 4 heterocycles. The number of halogens is 4. The van der Waals surface area contributed by atoms with Crippen LogP contribution in [0.4, 0.5) is 17.6 Å². The van der Waals surface area contributed by atoms with Crippen LogP contribution in [-0.4, -0.2) is 88.0 Å². The summed E-state index contributed by atoms with van der Waals surface area (Å²) in [5.41, 5.74) is -1.44. The molecule has 1 fully saturated rings. The first-order valence-corrected chi connectivity index (χ1v) is 12.3. The molecule has 1 saturated heterocycles. The summed E-state index contributed by atoms with van der Waals surface area (Å²) < 4.78 is 61.0. The van der Waals surface area contributed by atoms with Crippen LogP contribution < -0.4 is 0 Å². The van der Waals surface area contributed by atoms with Gasteiger partial charge in [-0.2, -0.15) is 18.3 Å². The standard InChI is InChI=1S/C19H19F4N5O2S2.C2H4O2/c1-27-9-18(20,10-27)14-4-3-13(32-14)12(29)8-31-16-11-7-24-28(5-6-30-2)15(11)25-17(26-16)19(21,22)23;3-1-2-4/h3-4,7H,5-6,8-10H2,1-2H3;1,4H,2H2. The topological polar surface area (TPSA) is 110 Å². The molecule has 1 aliphatic heterocycles. The van der Waals surface area contributed by atoms with Crippen molar-refractivity contribution in [1.29, 1.82) is 0 Å². The third-order valence-electron chi connectivity index (χ3n) is 5.00. The summed E-state index contributed by atoms with van der Waals surface area (Å²) >= 11 is 1.95. The Balaban J connectivity index is 0.000000840. The molecule has 0 spiro atoms. The third kappa shape index (κ3) is 6.45. The maximum Gasteiger partial charge on any atom is 0.451 e. The number of hydrogen-bond donors (Lipinski definition) is 1. The van der Waals surface area contributed by atoms with E-state index in [9.17, 15) is 22.4 Å². The highest BCUT2D eigenvalue weighted by Gasteiger charge is 2.44. The van der Waals surface area contributed by atoms with E-state index < -0.39 is 17.7 Å². The lowest BCUT2D eigenvalue weighted by Crippen LogP contribution is -2.54. The minimum Gasteiger partial charge on any atom is -0.389 e. The van der Waals surface area contributed by atoms with Crippen LogP contribution in [-0.2, 0) is 27.9 Å². The minimum atomic E-state index is -4.75. The van der Waals surface area contributed by atoms with Crippen molar-refractivity contribution in [3.05, 3.63) is 33.9 Å². The van der Waals surface area contributed by atoms with Gasteiger partial charge in [-0.25, -0.2) is 19.0 Å². The molecule has 3 aromatic heterocycles. The van der Waals surface area contributed by atoms with Crippen LogP contribution in [0, 0.1) is 0 Å². The number of aliphatic hydroxyl groups excluding tert-OH is 1. The fourth-order valence-corrected chi connectivity index (χ4v) is 5.38. The van der Waals surface area contributed by atoms with Crippen molar-refractivity contribution < 1.29 is 37.0 Å². The Bertz CT molecular complexity index is 1210. The van der Waals surface area contributed by atoms with Gasteiger partial charge in [-0.05, 0) is 19.2 Å². The molecule has 15 heteroatoms. The first-order chi connectivity index (χ1) is 17.0. The van der Waals surface area contributed by atoms with E-state index in [4.69, 9.17) is 14.6 Å². The first kappa shape index (κ1) is 28.1. The number of alkyl halides is 4. The number of hydrogen-bond acceptors (Lipinski definition) is 10. The van der Waals surface area contributed by atoms with E-state index in [0.29, 0.717) is 21.4 Å². The minimum absolute atomic E-state index is 0.0127. The highest BCUT2D eigenvalue weighted by atomic mass is 32.2. The molecule has 1 N–H and O–H groups in total. The Morgan fingerprint density at radius 1 is 1.33 bits per heavy atom. The van der Waals surface area contributed by atoms with Crippen LogP contribution in [0.3, 0.4) is 0 Å². The lowest BCUT2D eigenvalue weighted by atomic mass is 9.95. The number of aromatic nitrogens is 4. The van der Waals surface area contributed by atoms with E-state index in [2.05, 4.69) is 15.1 Å². The molecule has 36 heavy (non-hydrogen) atoms. The summed E-state index contributed by atoms with van der Waals surface area (Å²) in [5.74, 6) is -1.76. The molecule has 0 radical (unpaired) electrons. The van der Waals surface area contributed by atoms with Crippen molar-refractivity contribution in [1.82, 2.24) is 24.6 Å². The van der Waals surface area contributed by atoms with Gasteiger partial charge in [-0.15, -0.1) is 11.3 Å². The predicted molar refractivity (Wildman–Crippen MR) is 125 cm³/mol. The van der Waals surface area contributed by atoms with Crippen LogP contribution in [0.5, 0.6) is 0 Å². The Hall–Kier alpha value is -2.46. The zero-order valence-corrected chi connectivity index (χ0v) is 20.9. The van der Waals surface area contributed by atoms with Gasteiger partial charge in [-0.1, -0.05) is 11.8 Å². The molecular weight excluding hydrogens is 526 g/mol. The average Bonchev–Trinajstić information content (AvgIpc) is 3.47. The van der Waals surface area contributed by atoms with Crippen molar-refractivity contribution in [3.63, 3.8) is 0 Å². The quantitative estimate of drug-likeness (QED) is 0.142. The molecule has 0 saturated carbocycles. The van der Waals surface area contributed by atoms with Crippen LogP contribution in [0.15, 0.2) is 23.4 Å². The van der Waals surface area contributed by atoms with Crippen LogP contribution in [0.2, 0.25) is 0 Å². The number of rotatable bonds is 9. The molecule has 0 aromatic carbocycles. The Kier molecular flexibility index (Phi) is 9.16. The normalized spacial score (nSPS) is 15.3. The number of ketones is 1. The van der Waals surface area contributed by atoms with Gasteiger partial charge in [0.05, 0.1) is 42.0 Å². The Labute approximate surface area is 211 Å². The Morgan fingerprint density at radius 3 is 2.61 bits per heavy atom.